The van der Waals surface area contributed by atoms with Gasteiger partial charge in [0, 0.05) is 0 Å². The van der Waals surface area contributed by atoms with Crippen molar-refractivity contribution in [1.29, 1.82) is 0 Å². The number of hydrogen-bond acceptors (Lipinski definition) is 2. The van der Waals surface area contributed by atoms with Gasteiger partial charge in [-0.15, -0.1) is 0 Å². The second-order valence-electron chi connectivity index (χ2n) is 3.90. The maximum atomic E-state index is 12.2. The number of rotatable bonds is 3. The Bertz CT molecular complexity index is 659. The number of anilines is 1. The van der Waals surface area contributed by atoms with Crippen molar-refractivity contribution in [2.24, 2.45) is 0 Å². The number of nitrogens with one attached hydrogen (secondary N) is 1. The van der Waals surface area contributed by atoms with Crippen molar-refractivity contribution in [3.8, 4) is 5.75 Å². The highest BCUT2D eigenvalue weighted by atomic mass is 35.5. The van der Waals surface area contributed by atoms with Crippen LogP contribution < -0.4 is 10.1 Å². The average Bonchev–Trinajstić information content (AvgIpc) is 2.44. The van der Waals surface area contributed by atoms with E-state index in [1.165, 1.54) is 19.2 Å². The summed E-state index contributed by atoms with van der Waals surface area (Å²) in [5.41, 5.74) is 0.786. The van der Waals surface area contributed by atoms with E-state index < -0.39 is 0 Å². The summed E-state index contributed by atoms with van der Waals surface area (Å²) in [7, 11) is 1.50. The Kier molecular flexibility index (Phi) is 4.76. The van der Waals surface area contributed by atoms with Gasteiger partial charge in [0.2, 0.25) is 0 Å². The Morgan fingerprint density at radius 3 is 2.40 bits per heavy atom. The average molecular weight is 331 g/mol. The van der Waals surface area contributed by atoms with E-state index in [1.54, 1.807) is 24.3 Å². The van der Waals surface area contributed by atoms with Gasteiger partial charge in [-0.3, -0.25) is 4.79 Å². The molecule has 20 heavy (non-hydrogen) atoms. The molecule has 2 rings (SSSR count). The van der Waals surface area contributed by atoms with Crippen LogP contribution in [-0.4, -0.2) is 13.0 Å². The van der Waals surface area contributed by atoms with Crippen molar-refractivity contribution in [3.05, 3.63) is 57.0 Å². The lowest BCUT2D eigenvalue weighted by Crippen LogP contribution is -2.13. The fourth-order valence-electron chi connectivity index (χ4n) is 1.64. The maximum absolute atomic E-state index is 12.2. The van der Waals surface area contributed by atoms with Crippen molar-refractivity contribution < 1.29 is 9.53 Å². The van der Waals surface area contributed by atoms with Gasteiger partial charge in [0.05, 0.1) is 33.4 Å². The zero-order valence-corrected chi connectivity index (χ0v) is 12.7. The number of methoxy groups -OCH3 is 1. The Morgan fingerprint density at radius 1 is 1.05 bits per heavy atom. The number of hydrogen-bond donors (Lipinski definition) is 1. The van der Waals surface area contributed by atoms with Gasteiger partial charge in [-0.2, -0.15) is 0 Å². The number of benzene rings is 2. The summed E-state index contributed by atoms with van der Waals surface area (Å²) in [6, 6.07) is 9.85. The number of para-hydroxylation sites is 1. The number of carbonyl (C=O) groups is 1. The molecule has 3 nitrogen and oxygen atoms in total. The Balaban J connectivity index is 2.30. The van der Waals surface area contributed by atoms with Crippen LogP contribution in [0.25, 0.3) is 0 Å². The summed E-state index contributed by atoms with van der Waals surface area (Å²) in [4.78, 5) is 12.2. The second-order valence-corrected chi connectivity index (χ2v) is 5.12. The number of halogens is 3. The van der Waals surface area contributed by atoms with Gasteiger partial charge in [-0.1, -0.05) is 46.9 Å². The number of carbonyl (C=O) groups excluding carboxylic acids is 1. The molecule has 0 spiro atoms. The van der Waals surface area contributed by atoms with Crippen LogP contribution in [-0.2, 0) is 0 Å². The highest BCUT2D eigenvalue weighted by Gasteiger charge is 2.14. The molecule has 1 N–H and O–H groups in total. The first-order valence-corrected chi connectivity index (χ1v) is 6.75. The fraction of sp³-hybridized carbons (Fsp3) is 0.0714. The highest BCUT2D eigenvalue weighted by molar-refractivity contribution is 6.44. The molecule has 104 valence electrons. The van der Waals surface area contributed by atoms with E-state index in [1.807, 2.05) is 0 Å². The summed E-state index contributed by atoms with van der Waals surface area (Å²) >= 11 is 17.8. The smallest absolute Gasteiger partial charge is 0.259 e. The summed E-state index contributed by atoms with van der Waals surface area (Å²) in [6.07, 6.45) is 0. The third-order valence-electron chi connectivity index (χ3n) is 2.61. The molecule has 0 saturated carbocycles. The number of amides is 1. The quantitative estimate of drug-likeness (QED) is 0.812. The molecule has 0 radical (unpaired) electrons. The summed E-state index contributed by atoms with van der Waals surface area (Å²) in [5, 5.41) is 3.62. The molecule has 0 saturated heterocycles. The van der Waals surface area contributed by atoms with Gasteiger partial charge < -0.3 is 10.1 Å². The lowest BCUT2D eigenvalue weighted by Gasteiger charge is -2.11. The van der Waals surface area contributed by atoms with Crippen molar-refractivity contribution in [2.75, 3.05) is 12.4 Å². The van der Waals surface area contributed by atoms with Crippen LogP contribution in [0.15, 0.2) is 36.4 Å². The molecule has 0 atom stereocenters. The molecule has 0 aromatic heterocycles. The van der Waals surface area contributed by atoms with Crippen molar-refractivity contribution in [1.82, 2.24) is 0 Å². The molecular weight excluding hydrogens is 321 g/mol. The SMILES string of the molecule is COc1ccccc1C(=O)Nc1cc(Cl)c(Cl)cc1Cl. The third-order valence-corrected chi connectivity index (χ3v) is 3.64. The molecule has 0 fully saturated rings. The van der Waals surface area contributed by atoms with Crippen molar-refractivity contribution in [2.45, 2.75) is 0 Å². The summed E-state index contributed by atoms with van der Waals surface area (Å²) in [6.45, 7) is 0. The van der Waals surface area contributed by atoms with E-state index in [2.05, 4.69) is 5.32 Å². The molecule has 0 aliphatic heterocycles. The lowest BCUT2D eigenvalue weighted by molar-refractivity contribution is 0.102. The normalized spacial score (nSPS) is 10.2. The first kappa shape index (κ1) is 15.0. The molecular formula is C14H10Cl3NO2. The number of ether oxygens (including phenoxy) is 1. The molecule has 2 aromatic rings. The van der Waals surface area contributed by atoms with E-state index in [9.17, 15) is 4.79 Å². The Hall–Kier alpha value is -1.42. The van der Waals surface area contributed by atoms with Crippen molar-refractivity contribution in [3.63, 3.8) is 0 Å². The highest BCUT2D eigenvalue weighted by Crippen LogP contribution is 2.32. The van der Waals surface area contributed by atoms with Crippen LogP contribution in [0.2, 0.25) is 15.1 Å². The van der Waals surface area contributed by atoms with Crippen molar-refractivity contribution >= 4 is 46.4 Å². The van der Waals surface area contributed by atoms with E-state index in [0.717, 1.165) is 0 Å². The van der Waals surface area contributed by atoms with E-state index in [4.69, 9.17) is 39.5 Å². The molecule has 0 bridgehead atoms. The standard InChI is InChI=1S/C14H10Cl3NO2/c1-20-13-5-3-2-4-8(13)14(19)18-12-7-10(16)9(15)6-11(12)17/h2-7H,1H3,(H,18,19). The molecule has 1 amide bonds. The van der Waals surface area contributed by atoms with Crippen LogP contribution in [0.5, 0.6) is 5.75 Å². The first-order valence-electron chi connectivity index (χ1n) is 5.62. The minimum atomic E-state index is -0.345. The summed E-state index contributed by atoms with van der Waals surface area (Å²) < 4.78 is 5.14. The molecule has 0 heterocycles. The zero-order valence-electron chi connectivity index (χ0n) is 10.4. The van der Waals surface area contributed by atoms with Crippen LogP contribution >= 0.6 is 34.8 Å². The minimum Gasteiger partial charge on any atom is -0.496 e. The lowest BCUT2D eigenvalue weighted by atomic mass is 10.2. The monoisotopic (exact) mass is 329 g/mol. The van der Waals surface area contributed by atoms with E-state index >= 15 is 0 Å². The van der Waals surface area contributed by atoms with E-state index in [-0.39, 0.29) is 5.91 Å². The van der Waals surface area contributed by atoms with Gasteiger partial charge >= 0.3 is 0 Å². The largest absolute Gasteiger partial charge is 0.496 e. The molecule has 0 aliphatic carbocycles. The fourth-order valence-corrected chi connectivity index (χ4v) is 2.23. The Labute approximate surface area is 131 Å². The predicted octanol–water partition coefficient (Wildman–Crippen LogP) is 4.91. The first-order chi connectivity index (χ1) is 9.52. The maximum Gasteiger partial charge on any atom is 0.259 e. The van der Waals surface area contributed by atoms with Crippen LogP contribution in [0.1, 0.15) is 10.4 Å². The molecule has 0 aliphatic rings. The summed E-state index contributed by atoms with van der Waals surface area (Å²) in [5.74, 6) is 0.129. The van der Waals surface area contributed by atoms with Gasteiger partial charge in [0.25, 0.3) is 5.91 Å². The van der Waals surface area contributed by atoms with Gasteiger partial charge in [-0.25, -0.2) is 0 Å². The molecule has 6 heteroatoms. The van der Waals surface area contributed by atoms with Gasteiger partial charge in [0.15, 0.2) is 0 Å². The van der Waals surface area contributed by atoms with Gasteiger partial charge in [0.1, 0.15) is 5.75 Å². The Morgan fingerprint density at radius 2 is 1.70 bits per heavy atom. The topological polar surface area (TPSA) is 38.3 Å². The predicted molar refractivity (Wildman–Crippen MR) is 82.4 cm³/mol. The molecule has 2 aromatic carbocycles. The third kappa shape index (κ3) is 3.18. The van der Waals surface area contributed by atoms with E-state index in [0.29, 0.717) is 32.1 Å². The van der Waals surface area contributed by atoms with Crippen LogP contribution in [0.3, 0.4) is 0 Å². The second kappa shape index (κ2) is 6.35. The van der Waals surface area contributed by atoms with Gasteiger partial charge in [-0.05, 0) is 24.3 Å². The molecule has 0 unspecified atom stereocenters. The van der Waals surface area contributed by atoms with Crippen LogP contribution in [0, 0.1) is 0 Å². The van der Waals surface area contributed by atoms with Crippen LogP contribution in [0.4, 0.5) is 5.69 Å². The minimum absolute atomic E-state index is 0.308. The zero-order chi connectivity index (χ0) is 14.7.